The third kappa shape index (κ3) is 7.20. The molecule has 24 heavy (non-hydrogen) atoms. The van der Waals surface area contributed by atoms with Gasteiger partial charge in [0.2, 0.25) is 0 Å². The number of nitrogens with zero attached hydrogens (tertiary/aromatic N) is 2. The summed E-state index contributed by atoms with van der Waals surface area (Å²) in [5.41, 5.74) is 1.00. The molecule has 134 valence electrons. The molecule has 0 spiro atoms. The van der Waals surface area contributed by atoms with E-state index < -0.39 is 12.6 Å². The van der Waals surface area contributed by atoms with E-state index in [4.69, 9.17) is 0 Å². The number of thiazole rings is 1. The van der Waals surface area contributed by atoms with E-state index in [0.29, 0.717) is 12.5 Å². The van der Waals surface area contributed by atoms with Crippen LogP contribution in [-0.2, 0) is 6.42 Å². The number of para-hydroxylation sites is 1. The molecule has 0 aliphatic rings. The molecule has 9 heteroatoms. The zero-order valence-electron chi connectivity index (χ0n) is 13.2. The predicted molar refractivity (Wildman–Crippen MR) is 103 cm³/mol. The number of aryl methyl sites for hydroxylation is 1. The van der Waals surface area contributed by atoms with Gasteiger partial charge in [-0.3, -0.25) is 4.99 Å². The van der Waals surface area contributed by atoms with Crippen LogP contribution in [0.15, 0.2) is 29.3 Å². The van der Waals surface area contributed by atoms with E-state index in [1.54, 1.807) is 11.3 Å². The molecule has 2 rings (SSSR count). The van der Waals surface area contributed by atoms with Crippen LogP contribution >= 0.6 is 35.3 Å². The standard InChI is InChI=1S/C15H19F3N4S.HI/c1-19-14(21-10-8-15(16,17)18)20-9-4-7-13-22-11-5-2-3-6-12(11)23-13;/h2-3,5-6H,4,7-10H2,1H3,(H2,19,20,21);1H. The highest BCUT2D eigenvalue weighted by Crippen LogP contribution is 2.22. The Morgan fingerprint density at radius 1 is 1.21 bits per heavy atom. The van der Waals surface area contributed by atoms with Crippen LogP contribution in [0.25, 0.3) is 10.2 Å². The number of aromatic nitrogens is 1. The van der Waals surface area contributed by atoms with Crippen molar-refractivity contribution < 1.29 is 13.2 Å². The number of hydrogen-bond donors (Lipinski definition) is 2. The molecule has 0 aliphatic heterocycles. The van der Waals surface area contributed by atoms with Gasteiger partial charge in [-0.25, -0.2) is 4.98 Å². The first-order valence-electron chi connectivity index (χ1n) is 7.33. The Labute approximate surface area is 160 Å². The molecule has 0 fully saturated rings. The molecule has 0 aliphatic carbocycles. The normalized spacial score (nSPS) is 12.1. The van der Waals surface area contributed by atoms with E-state index in [0.717, 1.165) is 23.4 Å². The SMILES string of the molecule is CN=C(NCCCc1nc2ccccc2s1)NCCC(F)(F)F.I. The average molecular weight is 472 g/mol. The van der Waals surface area contributed by atoms with Crippen molar-refractivity contribution in [3.63, 3.8) is 0 Å². The second-order valence-electron chi connectivity index (χ2n) is 4.97. The van der Waals surface area contributed by atoms with Crippen molar-refractivity contribution in [2.24, 2.45) is 4.99 Å². The Hall–Kier alpha value is -1.10. The van der Waals surface area contributed by atoms with E-state index in [2.05, 4.69) is 20.6 Å². The minimum absolute atomic E-state index is 0. The summed E-state index contributed by atoms with van der Waals surface area (Å²) in [6.45, 7) is 0.447. The maximum absolute atomic E-state index is 12.1. The quantitative estimate of drug-likeness (QED) is 0.290. The van der Waals surface area contributed by atoms with Crippen LogP contribution in [0.5, 0.6) is 0 Å². The van der Waals surface area contributed by atoms with Crippen LogP contribution in [0, 0.1) is 0 Å². The van der Waals surface area contributed by atoms with Crippen molar-refractivity contribution >= 4 is 51.5 Å². The van der Waals surface area contributed by atoms with E-state index in [1.807, 2.05) is 24.3 Å². The Bertz CT molecular complexity index is 624. The van der Waals surface area contributed by atoms with Crippen LogP contribution in [-0.4, -0.2) is 37.3 Å². The van der Waals surface area contributed by atoms with E-state index in [1.165, 1.54) is 11.7 Å². The van der Waals surface area contributed by atoms with Gasteiger partial charge >= 0.3 is 6.18 Å². The van der Waals surface area contributed by atoms with Gasteiger partial charge in [0.1, 0.15) is 0 Å². The van der Waals surface area contributed by atoms with Gasteiger partial charge in [0, 0.05) is 26.6 Å². The molecule has 0 unspecified atom stereocenters. The fourth-order valence-electron chi connectivity index (χ4n) is 2.02. The summed E-state index contributed by atoms with van der Waals surface area (Å²) in [7, 11) is 1.54. The van der Waals surface area contributed by atoms with Gasteiger partial charge in [0.25, 0.3) is 0 Å². The molecule has 2 aromatic rings. The van der Waals surface area contributed by atoms with E-state index in [-0.39, 0.29) is 30.5 Å². The zero-order chi connectivity index (χ0) is 16.7. The molecule has 4 nitrogen and oxygen atoms in total. The van der Waals surface area contributed by atoms with Crippen LogP contribution in [0.3, 0.4) is 0 Å². The number of alkyl halides is 3. The van der Waals surface area contributed by atoms with Crippen molar-refractivity contribution in [2.75, 3.05) is 20.1 Å². The number of benzene rings is 1. The Balaban J connectivity index is 0.00000288. The first-order chi connectivity index (χ1) is 11.0. The smallest absolute Gasteiger partial charge is 0.356 e. The van der Waals surface area contributed by atoms with E-state index >= 15 is 0 Å². The van der Waals surface area contributed by atoms with Crippen LogP contribution in [0.1, 0.15) is 17.8 Å². The van der Waals surface area contributed by atoms with Crippen molar-refractivity contribution in [3.8, 4) is 0 Å². The first-order valence-corrected chi connectivity index (χ1v) is 8.15. The summed E-state index contributed by atoms with van der Waals surface area (Å²) in [4.78, 5) is 8.45. The number of halogens is 4. The lowest BCUT2D eigenvalue weighted by Gasteiger charge is -2.12. The fraction of sp³-hybridized carbons (Fsp3) is 0.467. The average Bonchev–Trinajstić information content (AvgIpc) is 2.91. The van der Waals surface area contributed by atoms with Crippen molar-refractivity contribution in [3.05, 3.63) is 29.3 Å². The summed E-state index contributed by atoms with van der Waals surface area (Å²) in [6.07, 6.45) is -3.37. The van der Waals surface area contributed by atoms with Crippen molar-refractivity contribution in [1.29, 1.82) is 0 Å². The third-order valence-corrected chi connectivity index (χ3v) is 4.22. The van der Waals surface area contributed by atoms with Gasteiger partial charge in [-0.05, 0) is 18.6 Å². The van der Waals surface area contributed by atoms with Gasteiger partial charge in [0.15, 0.2) is 5.96 Å². The number of nitrogens with one attached hydrogen (secondary N) is 2. The van der Waals surface area contributed by atoms with Crippen LogP contribution in [0.4, 0.5) is 13.2 Å². The molecular weight excluding hydrogens is 452 g/mol. The van der Waals surface area contributed by atoms with Crippen molar-refractivity contribution in [1.82, 2.24) is 15.6 Å². The Morgan fingerprint density at radius 2 is 1.92 bits per heavy atom. The summed E-state index contributed by atoms with van der Waals surface area (Å²) >= 11 is 1.67. The molecule has 0 bridgehead atoms. The Morgan fingerprint density at radius 3 is 2.58 bits per heavy atom. The highest BCUT2D eigenvalue weighted by Gasteiger charge is 2.26. The molecule has 0 saturated heterocycles. The first kappa shape index (κ1) is 20.9. The molecule has 0 saturated carbocycles. The second kappa shape index (κ2) is 10.0. The van der Waals surface area contributed by atoms with Crippen LogP contribution < -0.4 is 10.6 Å². The van der Waals surface area contributed by atoms with Gasteiger partial charge in [-0.1, -0.05) is 12.1 Å². The Kier molecular flexibility index (Phi) is 8.74. The van der Waals surface area contributed by atoms with Crippen molar-refractivity contribution in [2.45, 2.75) is 25.4 Å². The summed E-state index contributed by atoms with van der Waals surface area (Å²) in [6, 6.07) is 7.98. The highest BCUT2D eigenvalue weighted by atomic mass is 127. The molecule has 1 aromatic heterocycles. The van der Waals surface area contributed by atoms with Gasteiger partial charge < -0.3 is 10.6 Å². The second-order valence-corrected chi connectivity index (χ2v) is 6.09. The minimum Gasteiger partial charge on any atom is -0.356 e. The van der Waals surface area contributed by atoms with Gasteiger partial charge in [-0.2, -0.15) is 13.2 Å². The maximum Gasteiger partial charge on any atom is 0.390 e. The lowest BCUT2D eigenvalue weighted by Crippen LogP contribution is -2.39. The molecule has 1 heterocycles. The molecule has 0 atom stereocenters. The number of hydrogen-bond acceptors (Lipinski definition) is 3. The maximum atomic E-state index is 12.1. The number of rotatable bonds is 6. The number of fused-ring (bicyclic) bond motifs is 1. The molecule has 0 amide bonds. The molecule has 0 radical (unpaired) electrons. The monoisotopic (exact) mass is 472 g/mol. The topological polar surface area (TPSA) is 49.3 Å². The summed E-state index contributed by atoms with van der Waals surface area (Å²) in [5.74, 6) is 0.388. The number of aliphatic imine (C=N–C) groups is 1. The predicted octanol–water partition coefficient (Wildman–Crippen LogP) is 3.96. The minimum atomic E-state index is -4.15. The highest BCUT2D eigenvalue weighted by molar-refractivity contribution is 14.0. The number of guanidine groups is 1. The van der Waals surface area contributed by atoms with Gasteiger partial charge in [-0.15, -0.1) is 35.3 Å². The molecule has 2 N–H and O–H groups in total. The molecule has 1 aromatic carbocycles. The fourth-order valence-corrected chi connectivity index (χ4v) is 3.03. The summed E-state index contributed by atoms with van der Waals surface area (Å²) < 4.78 is 37.4. The van der Waals surface area contributed by atoms with E-state index in [9.17, 15) is 13.2 Å². The zero-order valence-corrected chi connectivity index (χ0v) is 16.3. The largest absolute Gasteiger partial charge is 0.390 e. The third-order valence-electron chi connectivity index (χ3n) is 3.12. The van der Waals surface area contributed by atoms with Crippen LogP contribution in [0.2, 0.25) is 0 Å². The molecular formula is C15H20F3IN4S. The lowest BCUT2D eigenvalue weighted by molar-refractivity contribution is -0.132. The lowest BCUT2D eigenvalue weighted by atomic mass is 10.3. The van der Waals surface area contributed by atoms with Gasteiger partial charge in [0.05, 0.1) is 21.6 Å². The summed E-state index contributed by atoms with van der Waals surface area (Å²) in [5, 5.41) is 6.72.